The molecule has 0 amide bonds. The molecule has 1 unspecified atom stereocenters. The van der Waals surface area contributed by atoms with Gasteiger partial charge in [-0.25, -0.2) is 0 Å². The lowest BCUT2D eigenvalue weighted by Crippen LogP contribution is -2.22. The molecule has 0 radical (unpaired) electrons. The molecule has 74 valence electrons. The molecule has 1 fully saturated rings. The average Bonchev–Trinajstić information content (AvgIpc) is 2.47. The van der Waals surface area contributed by atoms with Gasteiger partial charge in [0.25, 0.3) is 0 Å². The normalized spacial score (nSPS) is 42.1. The van der Waals surface area contributed by atoms with E-state index in [1.807, 2.05) is 0 Å². The van der Waals surface area contributed by atoms with Crippen molar-refractivity contribution >= 4 is 0 Å². The Morgan fingerprint density at radius 3 is 2.08 bits per heavy atom. The summed E-state index contributed by atoms with van der Waals surface area (Å²) in [5.41, 5.74) is 0. The van der Waals surface area contributed by atoms with E-state index in [0.29, 0.717) is 0 Å². The first-order chi connectivity index (χ1) is 6.40. The van der Waals surface area contributed by atoms with E-state index in [9.17, 15) is 0 Å². The zero-order chi connectivity index (χ0) is 9.10. The fourth-order valence-electron chi connectivity index (χ4n) is 1.95. The summed E-state index contributed by atoms with van der Waals surface area (Å²) < 4.78 is 11.1. The molecule has 0 aromatic heterocycles. The predicted molar refractivity (Wildman–Crippen MR) is 48.2 cm³/mol. The van der Waals surface area contributed by atoms with Crippen LogP contribution < -0.4 is 0 Å². The molecule has 0 saturated carbocycles. The zero-order valence-corrected chi connectivity index (χ0v) is 7.69. The first-order valence-corrected chi connectivity index (χ1v) is 4.97. The maximum absolute atomic E-state index is 8.89. The second-order valence-electron chi connectivity index (χ2n) is 3.59. The molecule has 2 aliphatic rings. The number of ether oxygens (including phenoxy) is 2. The molecule has 1 heterocycles. The Morgan fingerprint density at radius 1 is 1.08 bits per heavy atom. The van der Waals surface area contributed by atoms with E-state index in [1.54, 1.807) is 0 Å². The van der Waals surface area contributed by atoms with E-state index in [4.69, 9.17) is 14.6 Å². The van der Waals surface area contributed by atoms with Gasteiger partial charge >= 0.3 is 0 Å². The van der Waals surface area contributed by atoms with Crippen LogP contribution >= 0.6 is 0 Å². The van der Waals surface area contributed by atoms with Gasteiger partial charge in [-0.05, 0) is 25.7 Å². The molecule has 0 aromatic rings. The molecule has 1 aliphatic carbocycles. The third-order valence-corrected chi connectivity index (χ3v) is 2.62. The third-order valence-electron chi connectivity index (χ3n) is 2.62. The Labute approximate surface area is 78.3 Å². The highest BCUT2D eigenvalue weighted by Gasteiger charge is 2.34. The van der Waals surface area contributed by atoms with Crippen molar-refractivity contribution in [3.05, 3.63) is 12.2 Å². The maximum Gasteiger partial charge on any atom is 0.181 e. The van der Waals surface area contributed by atoms with Crippen molar-refractivity contribution < 1.29 is 14.6 Å². The van der Waals surface area contributed by atoms with Crippen LogP contribution in [0.4, 0.5) is 0 Å². The van der Waals surface area contributed by atoms with Gasteiger partial charge in [-0.1, -0.05) is 12.2 Å². The Bertz CT molecular complexity index is 173. The summed E-state index contributed by atoms with van der Waals surface area (Å²) in [7, 11) is 0. The van der Waals surface area contributed by atoms with E-state index in [1.165, 1.54) is 0 Å². The minimum absolute atomic E-state index is 0.0274. The molecule has 1 aliphatic heterocycles. The van der Waals surface area contributed by atoms with Crippen LogP contribution in [0.25, 0.3) is 0 Å². The summed E-state index contributed by atoms with van der Waals surface area (Å²) >= 11 is 0. The summed E-state index contributed by atoms with van der Waals surface area (Å²) in [6.07, 6.45) is 8.55. The summed E-state index contributed by atoms with van der Waals surface area (Å²) in [5, 5.41) is 8.89. The Hall–Kier alpha value is -0.380. The molecular formula is C10H16O3. The Balaban J connectivity index is 1.95. The number of hydrogen-bond donors (Lipinski definition) is 1. The molecular weight excluding hydrogens is 168 g/mol. The monoisotopic (exact) mass is 184 g/mol. The lowest BCUT2D eigenvalue weighted by molar-refractivity contribution is -0.0958. The summed E-state index contributed by atoms with van der Waals surface area (Å²) in [4.78, 5) is 0. The van der Waals surface area contributed by atoms with E-state index >= 15 is 0 Å². The SMILES string of the molecule is OCC1O[C@H]2CC/C=C/CC[C@H]2O1. The van der Waals surface area contributed by atoms with E-state index < -0.39 is 0 Å². The summed E-state index contributed by atoms with van der Waals surface area (Å²) in [6.45, 7) is -0.0274. The van der Waals surface area contributed by atoms with Crippen molar-refractivity contribution in [2.75, 3.05) is 6.61 Å². The second-order valence-corrected chi connectivity index (χ2v) is 3.59. The van der Waals surface area contributed by atoms with Crippen LogP contribution in [-0.2, 0) is 9.47 Å². The van der Waals surface area contributed by atoms with Gasteiger partial charge in [0.1, 0.15) is 0 Å². The van der Waals surface area contributed by atoms with Gasteiger partial charge in [0.2, 0.25) is 0 Å². The quantitative estimate of drug-likeness (QED) is 0.623. The molecule has 2 rings (SSSR count). The maximum atomic E-state index is 8.89. The number of rotatable bonds is 1. The van der Waals surface area contributed by atoms with Gasteiger partial charge in [0.15, 0.2) is 6.29 Å². The molecule has 0 bridgehead atoms. The van der Waals surface area contributed by atoms with Crippen molar-refractivity contribution in [3.63, 3.8) is 0 Å². The van der Waals surface area contributed by atoms with Crippen molar-refractivity contribution in [3.8, 4) is 0 Å². The van der Waals surface area contributed by atoms with E-state index in [2.05, 4.69) is 12.2 Å². The fourth-order valence-corrected chi connectivity index (χ4v) is 1.95. The van der Waals surface area contributed by atoms with Crippen LogP contribution in [0, 0.1) is 0 Å². The predicted octanol–water partition coefficient (Wildman–Crippen LogP) is 1.22. The highest BCUT2D eigenvalue weighted by atomic mass is 16.7. The number of aliphatic hydroxyl groups excluding tert-OH is 1. The second kappa shape index (κ2) is 4.22. The molecule has 1 saturated heterocycles. The summed E-state index contributed by atoms with van der Waals surface area (Å²) in [5.74, 6) is 0. The number of aliphatic hydroxyl groups is 1. The van der Waals surface area contributed by atoms with Gasteiger partial charge in [-0.3, -0.25) is 0 Å². The molecule has 0 spiro atoms. The van der Waals surface area contributed by atoms with Crippen molar-refractivity contribution in [1.29, 1.82) is 0 Å². The van der Waals surface area contributed by atoms with Crippen LogP contribution in [0.5, 0.6) is 0 Å². The molecule has 1 N–H and O–H groups in total. The average molecular weight is 184 g/mol. The van der Waals surface area contributed by atoms with Gasteiger partial charge in [0, 0.05) is 0 Å². The topological polar surface area (TPSA) is 38.7 Å². The van der Waals surface area contributed by atoms with Crippen molar-refractivity contribution in [2.45, 2.75) is 44.2 Å². The molecule has 0 aromatic carbocycles. The minimum Gasteiger partial charge on any atom is -0.391 e. The first kappa shape index (κ1) is 9.19. The van der Waals surface area contributed by atoms with Gasteiger partial charge < -0.3 is 14.6 Å². The van der Waals surface area contributed by atoms with Crippen LogP contribution in [0.15, 0.2) is 12.2 Å². The highest BCUT2D eigenvalue weighted by molar-refractivity contribution is 4.90. The standard InChI is InChI=1S/C10H16O3/c11-7-10-12-8-5-3-1-2-4-6-9(8)13-10/h1-2,8-11H,3-7H2/b2-1+/t8-,9+,10?. The van der Waals surface area contributed by atoms with Gasteiger partial charge in [-0.15, -0.1) is 0 Å². The van der Waals surface area contributed by atoms with Crippen LogP contribution in [-0.4, -0.2) is 30.2 Å². The van der Waals surface area contributed by atoms with E-state index in [0.717, 1.165) is 25.7 Å². The smallest absolute Gasteiger partial charge is 0.181 e. The Kier molecular flexibility index (Phi) is 2.98. The molecule has 3 atom stereocenters. The van der Waals surface area contributed by atoms with Gasteiger partial charge in [-0.2, -0.15) is 0 Å². The van der Waals surface area contributed by atoms with Crippen LogP contribution in [0.1, 0.15) is 25.7 Å². The molecule has 13 heavy (non-hydrogen) atoms. The largest absolute Gasteiger partial charge is 0.391 e. The molecule has 3 heteroatoms. The van der Waals surface area contributed by atoms with Gasteiger partial charge in [0.05, 0.1) is 18.8 Å². The Morgan fingerprint density at radius 2 is 1.62 bits per heavy atom. The van der Waals surface area contributed by atoms with E-state index in [-0.39, 0.29) is 25.1 Å². The zero-order valence-electron chi connectivity index (χ0n) is 7.69. The first-order valence-electron chi connectivity index (χ1n) is 4.97. The minimum atomic E-state index is -0.381. The number of allylic oxidation sites excluding steroid dienone is 2. The van der Waals surface area contributed by atoms with Crippen LogP contribution in [0.3, 0.4) is 0 Å². The lowest BCUT2D eigenvalue weighted by atomic mass is 10.0. The van der Waals surface area contributed by atoms with Crippen LogP contribution in [0.2, 0.25) is 0 Å². The summed E-state index contributed by atoms with van der Waals surface area (Å²) in [6, 6.07) is 0. The van der Waals surface area contributed by atoms with Crippen molar-refractivity contribution in [2.24, 2.45) is 0 Å². The fraction of sp³-hybridized carbons (Fsp3) is 0.800. The third kappa shape index (κ3) is 2.10. The lowest BCUT2D eigenvalue weighted by Gasteiger charge is -2.16. The molecule has 3 nitrogen and oxygen atoms in total. The van der Waals surface area contributed by atoms with Crippen molar-refractivity contribution in [1.82, 2.24) is 0 Å². The highest BCUT2D eigenvalue weighted by Crippen LogP contribution is 2.27. The number of hydrogen-bond acceptors (Lipinski definition) is 3. The number of fused-ring (bicyclic) bond motifs is 1.